The van der Waals surface area contributed by atoms with Crippen molar-refractivity contribution < 1.29 is 4.79 Å². The fraction of sp³-hybridized carbons (Fsp3) is 0.611. The molecule has 1 aromatic carbocycles. The summed E-state index contributed by atoms with van der Waals surface area (Å²) < 4.78 is 0. The van der Waals surface area contributed by atoms with Crippen LogP contribution in [-0.2, 0) is 10.2 Å². The minimum Gasteiger partial charge on any atom is -0.299 e. The van der Waals surface area contributed by atoms with Gasteiger partial charge in [-0.2, -0.15) is 0 Å². The minimum absolute atomic E-state index is 0.193. The van der Waals surface area contributed by atoms with Crippen molar-refractivity contribution in [3.63, 3.8) is 0 Å². The lowest BCUT2D eigenvalue weighted by molar-refractivity contribution is -0.126. The largest absolute Gasteiger partial charge is 0.299 e. The summed E-state index contributed by atoms with van der Waals surface area (Å²) in [6.45, 7) is 10.8. The normalized spacial score (nSPS) is 19.8. The van der Waals surface area contributed by atoms with E-state index in [2.05, 4.69) is 49.9 Å². The number of carbonyl (C=O) groups is 1. The Hall–Kier alpha value is -1.15. The molecule has 0 aliphatic carbocycles. The zero-order valence-corrected chi connectivity index (χ0v) is 13.3. The van der Waals surface area contributed by atoms with Crippen molar-refractivity contribution in [2.45, 2.75) is 57.9 Å². The van der Waals surface area contributed by atoms with Crippen molar-refractivity contribution in [3.05, 3.63) is 35.9 Å². The van der Waals surface area contributed by atoms with Gasteiger partial charge >= 0.3 is 0 Å². The highest BCUT2D eigenvalue weighted by molar-refractivity contribution is 5.90. The molecule has 0 saturated carbocycles. The van der Waals surface area contributed by atoms with Gasteiger partial charge in [0.15, 0.2) is 0 Å². The molecule has 1 fully saturated rings. The summed E-state index contributed by atoms with van der Waals surface area (Å²) >= 11 is 0. The number of nitrogens with zero attached hydrogens (tertiary/aromatic N) is 1. The van der Waals surface area contributed by atoms with Gasteiger partial charge in [-0.3, -0.25) is 9.69 Å². The van der Waals surface area contributed by atoms with Crippen molar-refractivity contribution in [3.8, 4) is 0 Å². The summed E-state index contributed by atoms with van der Waals surface area (Å²) in [6.07, 6.45) is 2.52. The Morgan fingerprint density at radius 3 is 2.15 bits per heavy atom. The number of rotatable bonds is 3. The lowest BCUT2D eigenvalue weighted by Crippen LogP contribution is -2.52. The van der Waals surface area contributed by atoms with E-state index in [1.54, 1.807) is 0 Å². The maximum atomic E-state index is 12.6. The molecule has 0 amide bonds. The maximum absolute atomic E-state index is 12.6. The first-order valence-electron chi connectivity index (χ1n) is 7.74. The van der Waals surface area contributed by atoms with E-state index in [1.807, 2.05) is 13.0 Å². The summed E-state index contributed by atoms with van der Waals surface area (Å²) in [6, 6.07) is 10.4. The monoisotopic (exact) mass is 273 g/mol. The third-order valence-electron chi connectivity index (χ3n) is 4.75. The minimum atomic E-state index is -0.252. The van der Waals surface area contributed by atoms with Crippen molar-refractivity contribution in [1.29, 1.82) is 0 Å². The van der Waals surface area contributed by atoms with Gasteiger partial charge in [-0.25, -0.2) is 0 Å². The molecule has 2 heteroatoms. The average molecular weight is 273 g/mol. The lowest BCUT2D eigenvalue weighted by atomic mass is 9.68. The van der Waals surface area contributed by atoms with Crippen LogP contribution in [0.25, 0.3) is 0 Å². The molecule has 0 N–H and O–H groups in total. The number of piperidine rings is 1. The third kappa shape index (κ3) is 2.80. The summed E-state index contributed by atoms with van der Waals surface area (Å²) in [5.74, 6) is 0.400. The van der Waals surface area contributed by atoms with E-state index in [-0.39, 0.29) is 11.0 Å². The number of hydrogen-bond donors (Lipinski definition) is 0. The molecule has 20 heavy (non-hydrogen) atoms. The molecule has 0 unspecified atom stereocenters. The number of Topliss-reactive ketones (excluding diaryl/α,β-unsaturated/α-hetero) is 1. The van der Waals surface area contributed by atoms with Crippen molar-refractivity contribution >= 4 is 5.78 Å². The molecular weight excluding hydrogens is 246 g/mol. The Kier molecular flexibility index (Phi) is 4.33. The number of carbonyl (C=O) groups excluding carboxylic acids is 1. The Bertz CT molecular complexity index is 450. The molecule has 0 radical (unpaired) electrons. The van der Waals surface area contributed by atoms with Gasteiger partial charge in [-0.15, -0.1) is 0 Å². The van der Waals surface area contributed by atoms with Gasteiger partial charge in [-0.05, 0) is 52.3 Å². The Morgan fingerprint density at radius 2 is 1.70 bits per heavy atom. The molecule has 1 aliphatic heterocycles. The molecule has 0 atom stereocenters. The number of hydrogen-bond acceptors (Lipinski definition) is 2. The summed E-state index contributed by atoms with van der Waals surface area (Å²) in [5.41, 5.74) is 1.15. The molecule has 1 aliphatic rings. The van der Waals surface area contributed by atoms with E-state index >= 15 is 0 Å². The van der Waals surface area contributed by atoms with Gasteiger partial charge < -0.3 is 0 Å². The van der Waals surface area contributed by atoms with E-state index in [9.17, 15) is 4.79 Å². The quantitative estimate of drug-likeness (QED) is 0.835. The summed E-state index contributed by atoms with van der Waals surface area (Å²) in [7, 11) is 0. The molecule has 1 heterocycles. The number of benzene rings is 1. The van der Waals surface area contributed by atoms with Crippen LogP contribution >= 0.6 is 0 Å². The Balaban J connectivity index is 2.27. The topological polar surface area (TPSA) is 20.3 Å². The van der Waals surface area contributed by atoms with Gasteiger partial charge in [0.2, 0.25) is 0 Å². The zero-order chi connectivity index (χ0) is 14.8. The first-order chi connectivity index (χ1) is 9.40. The van der Waals surface area contributed by atoms with Gasteiger partial charge in [-0.1, -0.05) is 37.3 Å². The number of ketones is 1. The molecule has 0 aromatic heterocycles. The van der Waals surface area contributed by atoms with E-state index < -0.39 is 0 Å². The Morgan fingerprint density at radius 1 is 1.15 bits per heavy atom. The second kappa shape index (κ2) is 5.69. The highest BCUT2D eigenvalue weighted by Gasteiger charge is 2.42. The van der Waals surface area contributed by atoms with Gasteiger partial charge in [0.25, 0.3) is 0 Å². The van der Waals surface area contributed by atoms with E-state index in [4.69, 9.17) is 0 Å². The second-order valence-corrected chi connectivity index (χ2v) is 6.88. The predicted octanol–water partition coefficient (Wildman–Crippen LogP) is 3.80. The third-order valence-corrected chi connectivity index (χ3v) is 4.75. The standard InChI is InChI=1S/C18H27NO/c1-5-16(20)18(15-9-7-6-8-10-15)11-13-19(14-12-18)17(2,3)4/h6-10H,5,11-14H2,1-4H3. The van der Waals surface area contributed by atoms with Crippen LogP contribution in [0.15, 0.2) is 30.3 Å². The van der Waals surface area contributed by atoms with Crippen LogP contribution < -0.4 is 0 Å². The number of likely N-dealkylation sites (tertiary alicyclic amines) is 1. The first-order valence-corrected chi connectivity index (χ1v) is 7.74. The Labute approximate surface area is 123 Å². The predicted molar refractivity (Wildman–Crippen MR) is 84.0 cm³/mol. The van der Waals surface area contributed by atoms with Crippen LogP contribution in [0.4, 0.5) is 0 Å². The lowest BCUT2D eigenvalue weighted by Gasteiger charge is -2.46. The van der Waals surface area contributed by atoms with Crippen LogP contribution in [0.3, 0.4) is 0 Å². The van der Waals surface area contributed by atoms with Gasteiger partial charge in [0, 0.05) is 12.0 Å². The fourth-order valence-electron chi connectivity index (χ4n) is 3.38. The highest BCUT2D eigenvalue weighted by Crippen LogP contribution is 2.38. The maximum Gasteiger partial charge on any atom is 0.143 e. The van der Waals surface area contributed by atoms with Gasteiger partial charge in [0.1, 0.15) is 5.78 Å². The van der Waals surface area contributed by atoms with E-state index in [1.165, 1.54) is 5.56 Å². The van der Waals surface area contributed by atoms with Crippen LogP contribution in [-0.4, -0.2) is 29.3 Å². The van der Waals surface area contributed by atoms with Crippen molar-refractivity contribution in [2.24, 2.45) is 0 Å². The zero-order valence-electron chi connectivity index (χ0n) is 13.3. The average Bonchev–Trinajstić information content (AvgIpc) is 2.46. The van der Waals surface area contributed by atoms with E-state index in [0.717, 1.165) is 25.9 Å². The van der Waals surface area contributed by atoms with Crippen molar-refractivity contribution in [2.75, 3.05) is 13.1 Å². The van der Waals surface area contributed by atoms with Crippen LogP contribution in [0, 0.1) is 0 Å². The molecule has 0 bridgehead atoms. The van der Waals surface area contributed by atoms with Crippen LogP contribution in [0.2, 0.25) is 0 Å². The molecule has 0 spiro atoms. The smallest absolute Gasteiger partial charge is 0.143 e. The highest BCUT2D eigenvalue weighted by atomic mass is 16.1. The second-order valence-electron chi connectivity index (χ2n) is 6.88. The molecule has 1 saturated heterocycles. The molecule has 2 rings (SSSR count). The SMILES string of the molecule is CCC(=O)C1(c2ccccc2)CCN(C(C)(C)C)CC1. The molecular formula is C18H27NO. The summed E-state index contributed by atoms with van der Waals surface area (Å²) in [5, 5.41) is 0. The van der Waals surface area contributed by atoms with Crippen LogP contribution in [0.1, 0.15) is 52.5 Å². The molecule has 110 valence electrons. The first kappa shape index (κ1) is 15.2. The fourth-order valence-corrected chi connectivity index (χ4v) is 3.38. The molecule has 2 nitrogen and oxygen atoms in total. The molecule has 1 aromatic rings. The van der Waals surface area contributed by atoms with E-state index in [0.29, 0.717) is 12.2 Å². The van der Waals surface area contributed by atoms with Gasteiger partial charge in [0.05, 0.1) is 5.41 Å². The van der Waals surface area contributed by atoms with Crippen molar-refractivity contribution in [1.82, 2.24) is 4.90 Å². The van der Waals surface area contributed by atoms with Crippen LogP contribution in [0.5, 0.6) is 0 Å². The summed E-state index contributed by atoms with van der Waals surface area (Å²) in [4.78, 5) is 15.1.